The van der Waals surface area contributed by atoms with Crippen molar-refractivity contribution >= 4 is 58.0 Å². The number of benzene rings is 1. The zero-order chi connectivity index (χ0) is 23.5. The first kappa shape index (κ1) is 25.3. The Bertz CT molecular complexity index is 979. The molecule has 174 valence electrons. The van der Waals surface area contributed by atoms with Crippen LogP contribution in [0.3, 0.4) is 0 Å². The van der Waals surface area contributed by atoms with Gasteiger partial charge in [0.25, 0.3) is 0 Å². The van der Waals surface area contributed by atoms with Crippen molar-refractivity contribution in [3.05, 3.63) is 55.7 Å². The molecule has 32 heavy (non-hydrogen) atoms. The fraction of sp³-hybridized carbons (Fsp3) is 0.478. The molecule has 2 amide bonds. The van der Waals surface area contributed by atoms with E-state index in [0.29, 0.717) is 29.7 Å². The molecule has 0 fully saturated rings. The molecule has 1 unspecified atom stereocenters. The van der Waals surface area contributed by atoms with Gasteiger partial charge in [-0.25, -0.2) is 0 Å². The number of nitrogens with zero attached hydrogens (tertiary/aromatic N) is 2. The van der Waals surface area contributed by atoms with Gasteiger partial charge in [0.15, 0.2) is 0 Å². The molecule has 0 saturated carbocycles. The summed E-state index contributed by atoms with van der Waals surface area (Å²) in [6.07, 6.45) is 0.764. The van der Waals surface area contributed by atoms with Gasteiger partial charge in [-0.2, -0.15) is 0 Å². The van der Waals surface area contributed by atoms with Crippen molar-refractivity contribution < 1.29 is 14.3 Å². The van der Waals surface area contributed by atoms with E-state index in [-0.39, 0.29) is 30.3 Å². The van der Waals surface area contributed by atoms with Crippen LogP contribution >= 0.6 is 46.1 Å². The molecule has 0 saturated heterocycles. The third kappa shape index (κ3) is 5.42. The number of carbonyl (C=O) groups excluding carboxylic acids is 2. The quantitative estimate of drug-likeness (QED) is 0.448. The molecule has 1 aliphatic rings. The molecular weight excluding hydrogens is 491 g/mol. The van der Waals surface area contributed by atoms with Gasteiger partial charge >= 0.3 is 0 Å². The molecule has 0 aliphatic carbocycles. The number of alkyl halides is 1. The number of methoxy groups -OCH3 is 1. The van der Waals surface area contributed by atoms with Gasteiger partial charge < -0.3 is 14.5 Å². The number of hydrogen-bond acceptors (Lipinski definition) is 4. The van der Waals surface area contributed by atoms with E-state index in [1.807, 2.05) is 22.4 Å². The van der Waals surface area contributed by atoms with Crippen LogP contribution in [-0.2, 0) is 20.7 Å². The third-order valence-corrected chi connectivity index (χ3v) is 7.86. The summed E-state index contributed by atoms with van der Waals surface area (Å²) in [7, 11) is 1.57. The molecule has 2 aromatic rings. The first-order chi connectivity index (χ1) is 15.2. The minimum Gasteiger partial charge on any atom is -0.383 e. The monoisotopic (exact) mass is 516 g/mol. The fourth-order valence-electron chi connectivity index (χ4n) is 3.84. The Labute approximate surface area is 208 Å². The molecule has 1 atom stereocenters. The second-order valence-electron chi connectivity index (χ2n) is 8.44. The van der Waals surface area contributed by atoms with Gasteiger partial charge in [0.2, 0.25) is 11.8 Å². The summed E-state index contributed by atoms with van der Waals surface area (Å²) >= 11 is 20.4. The second kappa shape index (κ2) is 10.7. The summed E-state index contributed by atoms with van der Waals surface area (Å²) in [5.74, 6) is -0.158. The molecule has 0 radical (unpaired) electrons. The first-order valence-electron chi connectivity index (χ1n) is 10.3. The average molecular weight is 518 g/mol. The molecule has 3 rings (SSSR count). The predicted octanol–water partition coefficient (Wildman–Crippen LogP) is 5.27. The van der Waals surface area contributed by atoms with Crippen LogP contribution in [0.5, 0.6) is 0 Å². The van der Waals surface area contributed by atoms with E-state index in [9.17, 15) is 9.59 Å². The van der Waals surface area contributed by atoms with E-state index < -0.39 is 5.41 Å². The Morgan fingerprint density at radius 3 is 2.66 bits per heavy atom. The lowest BCUT2D eigenvalue weighted by Gasteiger charge is -2.38. The highest BCUT2D eigenvalue weighted by Crippen LogP contribution is 2.41. The number of halogens is 3. The highest BCUT2D eigenvalue weighted by molar-refractivity contribution is 7.10. The molecule has 2 heterocycles. The maximum Gasteiger partial charge on any atom is 0.242 e. The summed E-state index contributed by atoms with van der Waals surface area (Å²) in [6, 6.07) is 7.05. The number of amides is 2. The van der Waals surface area contributed by atoms with Crippen LogP contribution < -0.4 is 0 Å². The SMILES string of the molecule is COCCN(CC(=O)N1CCc2sccc2C1c1ccc(Cl)cc1Cl)C(=O)C(C)(C)CCl. The van der Waals surface area contributed by atoms with Gasteiger partial charge in [-0.15, -0.1) is 22.9 Å². The maximum atomic E-state index is 13.6. The maximum absolute atomic E-state index is 13.6. The molecule has 9 heteroatoms. The van der Waals surface area contributed by atoms with Crippen molar-refractivity contribution in [3.63, 3.8) is 0 Å². The van der Waals surface area contributed by atoms with Crippen LogP contribution in [0.1, 0.15) is 35.9 Å². The number of thiophene rings is 1. The van der Waals surface area contributed by atoms with Crippen LogP contribution in [0.4, 0.5) is 0 Å². The smallest absolute Gasteiger partial charge is 0.242 e. The number of carbonyl (C=O) groups is 2. The molecule has 1 aliphatic heterocycles. The van der Waals surface area contributed by atoms with Crippen molar-refractivity contribution in [1.29, 1.82) is 0 Å². The molecule has 0 spiro atoms. The minimum absolute atomic E-state index is 0.0519. The van der Waals surface area contributed by atoms with Gasteiger partial charge in [-0.1, -0.05) is 29.3 Å². The zero-order valence-electron chi connectivity index (χ0n) is 18.4. The molecule has 0 N–H and O–H groups in total. The van der Waals surface area contributed by atoms with E-state index >= 15 is 0 Å². The van der Waals surface area contributed by atoms with Crippen molar-refractivity contribution in [2.24, 2.45) is 5.41 Å². The van der Waals surface area contributed by atoms with E-state index in [0.717, 1.165) is 17.5 Å². The van der Waals surface area contributed by atoms with Gasteiger partial charge in [0.05, 0.1) is 24.6 Å². The molecular formula is C23H27Cl3N2O3S. The van der Waals surface area contributed by atoms with Gasteiger partial charge in [0, 0.05) is 41.0 Å². The largest absolute Gasteiger partial charge is 0.383 e. The normalized spacial score (nSPS) is 16.1. The Morgan fingerprint density at radius 1 is 1.25 bits per heavy atom. The third-order valence-electron chi connectivity index (χ3n) is 5.64. The Hall–Kier alpha value is -1.31. The summed E-state index contributed by atoms with van der Waals surface area (Å²) in [6.45, 7) is 4.69. The Balaban J connectivity index is 1.93. The molecule has 5 nitrogen and oxygen atoms in total. The highest BCUT2D eigenvalue weighted by atomic mass is 35.5. The summed E-state index contributed by atoms with van der Waals surface area (Å²) in [4.78, 5) is 31.3. The minimum atomic E-state index is -0.781. The van der Waals surface area contributed by atoms with Crippen LogP contribution in [0.25, 0.3) is 0 Å². The lowest BCUT2D eigenvalue weighted by molar-refractivity contribution is -0.146. The van der Waals surface area contributed by atoms with E-state index in [4.69, 9.17) is 39.5 Å². The van der Waals surface area contributed by atoms with Crippen molar-refractivity contribution in [2.45, 2.75) is 26.3 Å². The standard InChI is InChI=1S/C23H27Cl3N2O3S/c1-23(2,14-24)22(30)27(9-10-31-3)13-20(29)28-8-6-19-17(7-11-32-19)21(28)16-5-4-15(25)12-18(16)26/h4-5,7,11-12,21H,6,8-10,13-14H2,1-3H3. The van der Waals surface area contributed by atoms with Gasteiger partial charge in [0.1, 0.15) is 0 Å². The molecule has 1 aromatic carbocycles. The number of fused-ring (bicyclic) bond motifs is 1. The number of hydrogen-bond donors (Lipinski definition) is 0. The number of rotatable bonds is 8. The lowest BCUT2D eigenvalue weighted by Crippen LogP contribution is -2.50. The number of ether oxygens (including phenoxy) is 1. The van der Waals surface area contributed by atoms with Crippen LogP contribution in [0, 0.1) is 5.41 Å². The second-order valence-corrected chi connectivity index (χ2v) is 10.6. The van der Waals surface area contributed by atoms with Crippen molar-refractivity contribution in [3.8, 4) is 0 Å². The molecule has 1 aromatic heterocycles. The first-order valence-corrected chi connectivity index (χ1v) is 12.5. The van der Waals surface area contributed by atoms with E-state index in [2.05, 4.69) is 0 Å². The van der Waals surface area contributed by atoms with Gasteiger partial charge in [-0.05, 0) is 55.0 Å². The zero-order valence-corrected chi connectivity index (χ0v) is 21.5. The highest BCUT2D eigenvalue weighted by Gasteiger charge is 2.37. The van der Waals surface area contributed by atoms with E-state index in [1.165, 1.54) is 9.78 Å². The Kier molecular flexibility index (Phi) is 8.50. The van der Waals surface area contributed by atoms with Crippen LogP contribution in [0.2, 0.25) is 10.0 Å². The Morgan fingerprint density at radius 2 is 2.00 bits per heavy atom. The summed E-state index contributed by atoms with van der Waals surface area (Å²) < 4.78 is 5.17. The van der Waals surface area contributed by atoms with Gasteiger partial charge in [-0.3, -0.25) is 9.59 Å². The lowest BCUT2D eigenvalue weighted by atomic mass is 9.92. The molecule has 0 bridgehead atoms. The fourth-order valence-corrected chi connectivity index (χ4v) is 5.37. The van der Waals surface area contributed by atoms with Crippen LogP contribution in [-0.4, -0.2) is 60.8 Å². The van der Waals surface area contributed by atoms with E-state index in [1.54, 1.807) is 44.4 Å². The predicted molar refractivity (Wildman–Crippen MR) is 131 cm³/mol. The topological polar surface area (TPSA) is 49.9 Å². The summed E-state index contributed by atoms with van der Waals surface area (Å²) in [5, 5.41) is 3.08. The average Bonchev–Trinajstić information content (AvgIpc) is 3.24. The summed E-state index contributed by atoms with van der Waals surface area (Å²) in [5.41, 5.74) is 1.10. The van der Waals surface area contributed by atoms with Crippen molar-refractivity contribution in [2.75, 3.05) is 39.2 Å². The van der Waals surface area contributed by atoms with Crippen molar-refractivity contribution in [1.82, 2.24) is 9.80 Å². The van der Waals surface area contributed by atoms with Crippen LogP contribution in [0.15, 0.2) is 29.6 Å².